The number of fused-ring (bicyclic) bond motifs is 3. The molecule has 0 saturated heterocycles. The topological polar surface area (TPSA) is 98.2 Å². The van der Waals surface area contributed by atoms with E-state index in [4.69, 9.17) is 14.5 Å². The zero-order valence-corrected chi connectivity index (χ0v) is 16.3. The van der Waals surface area contributed by atoms with E-state index in [0.29, 0.717) is 54.2 Å². The maximum atomic E-state index is 13.2. The summed E-state index contributed by atoms with van der Waals surface area (Å²) in [7, 11) is 3.30. The van der Waals surface area contributed by atoms with Crippen molar-refractivity contribution in [3.8, 4) is 5.69 Å². The van der Waals surface area contributed by atoms with Gasteiger partial charge in [-0.25, -0.2) is 4.98 Å². The molecule has 0 unspecified atom stereocenters. The third kappa shape index (κ3) is 3.57. The number of anilines is 1. The number of nitrogens with zero attached hydrogens (tertiary/aromatic N) is 5. The van der Waals surface area contributed by atoms with Gasteiger partial charge in [0.25, 0.3) is 5.56 Å². The molecule has 9 heteroatoms. The first-order valence-corrected chi connectivity index (χ1v) is 9.28. The number of pyridine rings is 1. The minimum atomic E-state index is -0.183. The van der Waals surface area contributed by atoms with Crippen LogP contribution in [0.4, 0.5) is 5.95 Å². The first-order valence-electron chi connectivity index (χ1n) is 9.28. The predicted octanol–water partition coefficient (Wildman–Crippen LogP) is 1.76. The fourth-order valence-corrected chi connectivity index (χ4v) is 3.26. The number of hydrogen-bond donors (Lipinski definition) is 1. The number of rotatable bonds is 8. The molecule has 3 aromatic heterocycles. The fraction of sp³-hybridized carbons (Fsp3) is 0.300. The van der Waals surface area contributed by atoms with Gasteiger partial charge < -0.3 is 14.4 Å². The van der Waals surface area contributed by atoms with Crippen LogP contribution in [0.25, 0.3) is 27.6 Å². The van der Waals surface area contributed by atoms with E-state index in [1.807, 2.05) is 35.2 Å². The summed E-state index contributed by atoms with van der Waals surface area (Å²) in [6.07, 6.45) is 3.32. The first-order chi connectivity index (χ1) is 14.2. The molecular weight excluding hydrogens is 372 g/mol. The average molecular weight is 394 g/mol. The number of para-hydroxylation sites is 1. The second-order valence-electron chi connectivity index (χ2n) is 6.50. The van der Waals surface area contributed by atoms with Crippen LogP contribution < -0.4 is 10.5 Å². The molecule has 1 N–H and O–H groups in total. The first kappa shape index (κ1) is 19.0. The number of ether oxygens (including phenoxy) is 2. The highest BCUT2D eigenvalue weighted by molar-refractivity contribution is 6.02. The zero-order valence-electron chi connectivity index (χ0n) is 16.3. The van der Waals surface area contributed by atoms with Gasteiger partial charge in [-0.3, -0.25) is 14.5 Å². The molecule has 0 amide bonds. The summed E-state index contributed by atoms with van der Waals surface area (Å²) >= 11 is 0. The van der Waals surface area contributed by atoms with E-state index >= 15 is 0 Å². The molecule has 0 radical (unpaired) electrons. The van der Waals surface area contributed by atoms with Crippen LogP contribution in [0.1, 0.15) is 0 Å². The molecule has 4 rings (SSSR count). The van der Waals surface area contributed by atoms with Crippen molar-refractivity contribution in [3.05, 3.63) is 53.1 Å². The summed E-state index contributed by atoms with van der Waals surface area (Å²) < 4.78 is 12.0. The van der Waals surface area contributed by atoms with Crippen LogP contribution in [0.15, 0.2) is 47.5 Å². The zero-order chi connectivity index (χ0) is 20.2. The van der Waals surface area contributed by atoms with Gasteiger partial charge in [0.1, 0.15) is 5.52 Å². The van der Waals surface area contributed by atoms with Crippen molar-refractivity contribution in [2.24, 2.45) is 0 Å². The quantitative estimate of drug-likeness (QED) is 0.486. The summed E-state index contributed by atoms with van der Waals surface area (Å²) in [4.78, 5) is 24.5. The molecular formula is C20H22N6O3. The minimum absolute atomic E-state index is 0.183. The lowest BCUT2D eigenvalue weighted by Gasteiger charge is -2.22. The number of methoxy groups -OCH3 is 2. The molecule has 0 aliphatic rings. The van der Waals surface area contributed by atoms with Crippen LogP contribution in [-0.2, 0) is 9.47 Å². The van der Waals surface area contributed by atoms with Gasteiger partial charge in [0.2, 0.25) is 5.95 Å². The van der Waals surface area contributed by atoms with Gasteiger partial charge in [-0.1, -0.05) is 18.2 Å². The molecule has 0 atom stereocenters. The Balaban J connectivity index is 1.95. The molecule has 0 aliphatic carbocycles. The van der Waals surface area contributed by atoms with Gasteiger partial charge >= 0.3 is 0 Å². The van der Waals surface area contributed by atoms with Crippen LogP contribution in [0.3, 0.4) is 0 Å². The van der Waals surface area contributed by atoms with Crippen molar-refractivity contribution in [1.29, 1.82) is 0 Å². The van der Waals surface area contributed by atoms with Crippen molar-refractivity contribution >= 4 is 27.9 Å². The van der Waals surface area contributed by atoms with Crippen LogP contribution in [0.2, 0.25) is 0 Å². The highest BCUT2D eigenvalue weighted by Gasteiger charge is 2.18. The molecule has 0 fully saturated rings. The van der Waals surface area contributed by atoms with E-state index < -0.39 is 0 Å². The highest BCUT2D eigenvalue weighted by atomic mass is 16.5. The molecule has 1 aromatic carbocycles. The van der Waals surface area contributed by atoms with Crippen molar-refractivity contribution < 1.29 is 9.47 Å². The Hall–Kier alpha value is -3.30. The number of aromatic amines is 1. The Kier molecular flexibility index (Phi) is 5.50. The molecule has 0 spiro atoms. The maximum Gasteiger partial charge on any atom is 0.267 e. The lowest BCUT2D eigenvalue weighted by Crippen LogP contribution is -2.32. The Labute approximate surface area is 166 Å². The van der Waals surface area contributed by atoms with Crippen molar-refractivity contribution in [3.63, 3.8) is 0 Å². The Morgan fingerprint density at radius 1 is 1.07 bits per heavy atom. The van der Waals surface area contributed by atoms with Crippen molar-refractivity contribution in [2.45, 2.75) is 0 Å². The average Bonchev–Trinajstić information content (AvgIpc) is 3.25. The predicted molar refractivity (Wildman–Crippen MR) is 111 cm³/mol. The van der Waals surface area contributed by atoms with E-state index in [-0.39, 0.29) is 5.56 Å². The summed E-state index contributed by atoms with van der Waals surface area (Å²) in [6.45, 7) is 2.25. The third-order valence-corrected chi connectivity index (χ3v) is 4.72. The Morgan fingerprint density at radius 3 is 2.48 bits per heavy atom. The van der Waals surface area contributed by atoms with Gasteiger partial charge in [-0.05, 0) is 12.1 Å². The Morgan fingerprint density at radius 2 is 1.79 bits per heavy atom. The molecule has 0 bridgehead atoms. The van der Waals surface area contributed by atoms with Gasteiger partial charge in [-0.15, -0.1) is 0 Å². The van der Waals surface area contributed by atoms with Crippen LogP contribution in [-0.4, -0.2) is 65.3 Å². The van der Waals surface area contributed by atoms with Gasteiger partial charge in [0, 0.05) is 39.7 Å². The monoisotopic (exact) mass is 394 g/mol. The lowest BCUT2D eigenvalue weighted by atomic mass is 10.2. The van der Waals surface area contributed by atoms with Crippen molar-refractivity contribution in [2.75, 3.05) is 45.4 Å². The standard InChI is InChI=1S/C20H22N6O3/c1-28-10-8-25(9-11-29-2)20-21-12-15-17-16(13-22-24-17)19(27)26(18(15)23-20)14-6-4-3-5-7-14/h3-7,12-13H,8-11H2,1-2H3,(H,22,24). The number of hydrogen-bond acceptors (Lipinski definition) is 7. The van der Waals surface area contributed by atoms with E-state index in [0.717, 1.165) is 5.69 Å². The lowest BCUT2D eigenvalue weighted by molar-refractivity contribution is 0.189. The van der Waals surface area contributed by atoms with Gasteiger partial charge in [0.15, 0.2) is 5.65 Å². The minimum Gasteiger partial charge on any atom is -0.383 e. The molecule has 4 aromatic rings. The smallest absolute Gasteiger partial charge is 0.267 e. The summed E-state index contributed by atoms with van der Waals surface area (Å²) in [6, 6.07) is 9.44. The molecule has 9 nitrogen and oxygen atoms in total. The summed E-state index contributed by atoms with van der Waals surface area (Å²) in [5.41, 5.74) is 1.61. The summed E-state index contributed by atoms with van der Waals surface area (Å²) in [5, 5.41) is 8.22. The van der Waals surface area contributed by atoms with Gasteiger partial charge in [0.05, 0.1) is 29.7 Å². The van der Waals surface area contributed by atoms with E-state index in [1.54, 1.807) is 31.2 Å². The molecule has 150 valence electrons. The number of benzene rings is 1. The normalized spacial score (nSPS) is 11.4. The van der Waals surface area contributed by atoms with Gasteiger partial charge in [-0.2, -0.15) is 10.1 Å². The van der Waals surface area contributed by atoms with Crippen LogP contribution in [0.5, 0.6) is 0 Å². The largest absolute Gasteiger partial charge is 0.383 e. The second kappa shape index (κ2) is 8.38. The van der Waals surface area contributed by atoms with Crippen molar-refractivity contribution in [1.82, 2.24) is 24.7 Å². The number of H-pyrrole nitrogens is 1. The second-order valence-corrected chi connectivity index (χ2v) is 6.50. The summed E-state index contributed by atoms with van der Waals surface area (Å²) in [5.74, 6) is 0.505. The van der Waals surface area contributed by atoms with Crippen LogP contribution >= 0.6 is 0 Å². The van der Waals surface area contributed by atoms with E-state index in [9.17, 15) is 4.79 Å². The number of nitrogens with one attached hydrogen (secondary N) is 1. The highest BCUT2D eigenvalue weighted by Crippen LogP contribution is 2.23. The maximum absolute atomic E-state index is 13.2. The van der Waals surface area contributed by atoms with E-state index in [2.05, 4.69) is 15.2 Å². The Bertz CT molecular complexity index is 1160. The molecule has 29 heavy (non-hydrogen) atoms. The van der Waals surface area contributed by atoms with E-state index in [1.165, 1.54) is 0 Å². The number of aromatic nitrogens is 5. The molecule has 0 aliphatic heterocycles. The molecule has 3 heterocycles. The molecule has 0 saturated carbocycles. The SMILES string of the molecule is COCCN(CCOC)c1ncc2c3n[nH]cc3c(=O)n(-c3ccccc3)c2n1. The van der Waals surface area contributed by atoms with Crippen LogP contribution in [0, 0.1) is 0 Å². The third-order valence-electron chi connectivity index (χ3n) is 4.72. The fourth-order valence-electron chi connectivity index (χ4n) is 3.26.